The molecule has 0 saturated carbocycles. The molecule has 4 aliphatic rings. The SMILES string of the molecule is CC.CC.O=C1OC(=O)C2CC=CCC12.O=C1OC(=O)C2CCC=CC12. The molecule has 0 aromatic rings. The summed E-state index contributed by atoms with van der Waals surface area (Å²) in [6, 6.07) is 0. The van der Waals surface area contributed by atoms with Gasteiger partial charge in [-0.3, -0.25) is 19.2 Å². The van der Waals surface area contributed by atoms with Gasteiger partial charge in [0, 0.05) is 0 Å². The molecule has 4 unspecified atom stereocenters. The zero-order valence-corrected chi connectivity index (χ0v) is 15.9. The van der Waals surface area contributed by atoms with E-state index < -0.39 is 0 Å². The Kier molecular flexibility index (Phi) is 8.96. The van der Waals surface area contributed by atoms with E-state index in [2.05, 4.69) is 9.47 Å². The molecular formula is C20H28O6. The molecule has 2 saturated heterocycles. The van der Waals surface area contributed by atoms with Gasteiger partial charge in [-0.1, -0.05) is 52.0 Å². The van der Waals surface area contributed by atoms with E-state index in [0.717, 1.165) is 12.8 Å². The largest absolute Gasteiger partial charge is 0.393 e. The smallest absolute Gasteiger partial charge is 0.321 e. The monoisotopic (exact) mass is 364 g/mol. The lowest BCUT2D eigenvalue weighted by atomic mass is 9.85. The Bertz CT molecular complexity index is 557. The number of ether oxygens (including phenoxy) is 2. The number of carbonyl (C=O) groups is 4. The number of hydrogen-bond donors (Lipinski definition) is 0. The summed E-state index contributed by atoms with van der Waals surface area (Å²) >= 11 is 0. The Hall–Kier alpha value is -2.24. The number of fused-ring (bicyclic) bond motifs is 2. The third kappa shape index (κ3) is 4.90. The molecule has 4 atom stereocenters. The van der Waals surface area contributed by atoms with E-state index in [0.29, 0.717) is 12.8 Å². The summed E-state index contributed by atoms with van der Waals surface area (Å²) < 4.78 is 8.97. The average Bonchev–Trinajstić information content (AvgIpc) is 3.15. The van der Waals surface area contributed by atoms with E-state index in [-0.39, 0.29) is 47.5 Å². The predicted molar refractivity (Wildman–Crippen MR) is 95.6 cm³/mol. The molecule has 4 rings (SSSR count). The van der Waals surface area contributed by atoms with Crippen LogP contribution in [0.4, 0.5) is 0 Å². The van der Waals surface area contributed by atoms with Crippen molar-refractivity contribution in [3.63, 3.8) is 0 Å². The van der Waals surface area contributed by atoms with Gasteiger partial charge in [-0.25, -0.2) is 0 Å². The second-order valence-corrected chi connectivity index (χ2v) is 5.77. The van der Waals surface area contributed by atoms with Gasteiger partial charge in [-0.15, -0.1) is 0 Å². The topological polar surface area (TPSA) is 86.7 Å². The molecule has 144 valence electrons. The molecule has 0 bridgehead atoms. The molecule has 2 heterocycles. The van der Waals surface area contributed by atoms with Crippen LogP contribution >= 0.6 is 0 Å². The van der Waals surface area contributed by atoms with Crippen LogP contribution in [0, 0.1) is 23.7 Å². The summed E-state index contributed by atoms with van der Waals surface area (Å²) in [6.45, 7) is 8.00. The summed E-state index contributed by atoms with van der Waals surface area (Å²) in [5.74, 6) is -2.25. The van der Waals surface area contributed by atoms with Gasteiger partial charge in [0.05, 0.1) is 23.7 Å². The van der Waals surface area contributed by atoms with Crippen LogP contribution < -0.4 is 0 Å². The average molecular weight is 364 g/mol. The van der Waals surface area contributed by atoms with Crippen molar-refractivity contribution in [2.45, 2.75) is 53.4 Å². The van der Waals surface area contributed by atoms with E-state index in [1.54, 1.807) is 6.08 Å². The van der Waals surface area contributed by atoms with Crippen LogP contribution in [0.3, 0.4) is 0 Å². The van der Waals surface area contributed by atoms with Crippen molar-refractivity contribution >= 4 is 23.9 Å². The molecule has 26 heavy (non-hydrogen) atoms. The first kappa shape index (κ1) is 21.8. The summed E-state index contributed by atoms with van der Waals surface area (Å²) in [7, 11) is 0. The van der Waals surface area contributed by atoms with Crippen molar-refractivity contribution in [3.8, 4) is 0 Å². The molecule has 0 N–H and O–H groups in total. The van der Waals surface area contributed by atoms with Crippen molar-refractivity contribution in [2.75, 3.05) is 0 Å². The van der Waals surface area contributed by atoms with Gasteiger partial charge in [0.2, 0.25) is 0 Å². The van der Waals surface area contributed by atoms with Gasteiger partial charge in [-0.05, 0) is 25.7 Å². The lowest BCUT2D eigenvalue weighted by molar-refractivity contribution is -0.155. The summed E-state index contributed by atoms with van der Waals surface area (Å²) in [4.78, 5) is 43.8. The van der Waals surface area contributed by atoms with Crippen molar-refractivity contribution in [2.24, 2.45) is 23.7 Å². The second-order valence-electron chi connectivity index (χ2n) is 5.77. The molecule has 2 aliphatic carbocycles. The van der Waals surface area contributed by atoms with Crippen LogP contribution in [-0.4, -0.2) is 23.9 Å². The van der Waals surface area contributed by atoms with E-state index in [9.17, 15) is 19.2 Å². The van der Waals surface area contributed by atoms with Gasteiger partial charge in [-0.2, -0.15) is 0 Å². The van der Waals surface area contributed by atoms with Crippen LogP contribution in [0.1, 0.15) is 53.4 Å². The zero-order chi connectivity index (χ0) is 19.7. The molecule has 0 radical (unpaired) electrons. The van der Waals surface area contributed by atoms with Gasteiger partial charge in [0.1, 0.15) is 0 Å². The Morgan fingerprint density at radius 3 is 1.65 bits per heavy atom. The number of allylic oxidation sites excluding steroid dienone is 3. The highest BCUT2D eigenvalue weighted by Gasteiger charge is 2.44. The van der Waals surface area contributed by atoms with E-state index in [1.807, 2.05) is 45.9 Å². The predicted octanol–water partition coefficient (Wildman–Crippen LogP) is 3.36. The minimum absolute atomic E-state index is 0.188. The fourth-order valence-electron chi connectivity index (χ4n) is 3.17. The number of hydrogen-bond acceptors (Lipinski definition) is 6. The molecule has 0 amide bonds. The normalized spacial score (nSPS) is 30.3. The fourth-order valence-corrected chi connectivity index (χ4v) is 3.17. The third-order valence-electron chi connectivity index (χ3n) is 4.44. The molecule has 0 aromatic heterocycles. The lowest BCUT2D eigenvalue weighted by Gasteiger charge is -2.12. The summed E-state index contributed by atoms with van der Waals surface area (Å²) in [5, 5.41) is 0. The Labute approximate surface area is 154 Å². The minimum Gasteiger partial charge on any atom is -0.393 e. The molecule has 2 aliphatic heterocycles. The number of carbonyl (C=O) groups excluding carboxylic acids is 4. The number of esters is 4. The Balaban J connectivity index is 0.000000219. The fraction of sp³-hybridized carbons (Fsp3) is 0.600. The van der Waals surface area contributed by atoms with Crippen LogP contribution in [-0.2, 0) is 28.7 Å². The van der Waals surface area contributed by atoms with Crippen LogP contribution in [0.2, 0.25) is 0 Å². The van der Waals surface area contributed by atoms with Crippen molar-refractivity contribution in [1.29, 1.82) is 0 Å². The van der Waals surface area contributed by atoms with Crippen molar-refractivity contribution < 1.29 is 28.7 Å². The summed E-state index contributed by atoms with van der Waals surface area (Å²) in [5.41, 5.74) is 0. The maximum absolute atomic E-state index is 10.9. The van der Waals surface area contributed by atoms with Gasteiger partial charge in [0.25, 0.3) is 0 Å². The highest BCUT2D eigenvalue weighted by molar-refractivity contribution is 5.98. The lowest BCUT2D eigenvalue weighted by Crippen LogP contribution is -2.18. The zero-order valence-electron chi connectivity index (χ0n) is 15.9. The first-order valence-electron chi connectivity index (χ1n) is 9.40. The summed E-state index contributed by atoms with van der Waals surface area (Å²) in [6.07, 6.45) is 10.5. The third-order valence-corrected chi connectivity index (χ3v) is 4.44. The highest BCUT2D eigenvalue weighted by Crippen LogP contribution is 2.33. The van der Waals surface area contributed by atoms with Crippen molar-refractivity contribution in [3.05, 3.63) is 24.3 Å². The quantitative estimate of drug-likeness (QED) is 0.372. The molecule has 0 spiro atoms. The molecule has 2 fully saturated rings. The maximum atomic E-state index is 10.9. The first-order valence-corrected chi connectivity index (χ1v) is 9.40. The van der Waals surface area contributed by atoms with E-state index >= 15 is 0 Å². The number of cyclic esters (lactones) is 4. The van der Waals surface area contributed by atoms with Gasteiger partial charge in [0.15, 0.2) is 0 Å². The second kappa shape index (κ2) is 10.7. The van der Waals surface area contributed by atoms with Gasteiger partial charge < -0.3 is 9.47 Å². The molecule has 6 nitrogen and oxygen atoms in total. The van der Waals surface area contributed by atoms with Crippen LogP contribution in [0.5, 0.6) is 0 Å². The van der Waals surface area contributed by atoms with E-state index in [1.165, 1.54) is 0 Å². The van der Waals surface area contributed by atoms with E-state index in [4.69, 9.17) is 0 Å². The molecule has 6 heteroatoms. The highest BCUT2D eigenvalue weighted by atomic mass is 16.6. The van der Waals surface area contributed by atoms with Crippen molar-refractivity contribution in [1.82, 2.24) is 0 Å². The standard InChI is InChI=1S/2C8H8O3.2C2H6/c2*9-7-5-3-1-2-4-6(5)8(10)11-7;2*1-2/h1,3,5-6H,2,4H2;1-2,5-6H,3-4H2;2*1-2H3. The maximum Gasteiger partial charge on any atom is 0.321 e. The van der Waals surface area contributed by atoms with Gasteiger partial charge >= 0.3 is 23.9 Å². The molecular weight excluding hydrogens is 336 g/mol. The number of rotatable bonds is 0. The molecule has 0 aromatic carbocycles. The minimum atomic E-state index is -0.379. The van der Waals surface area contributed by atoms with Crippen LogP contribution in [0.15, 0.2) is 24.3 Å². The first-order chi connectivity index (χ1) is 12.6. The Morgan fingerprint density at radius 2 is 1.15 bits per heavy atom. The Morgan fingerprint density at radius 1 is 0.692 bits per heavy atom. The van der Waals surface area contributed by atoms with Crippen LogP contribution in [0.25, 0.3) is 0 Å².